The molecule has 0 bridgehead atoms. The lowest BCUT2D eigenvalue weighted by Crippen LogP contribution is -2.68. The number of carbonyl (C=O) groups is 2. The van der Waals surface area contributed by atoms with Crippen LogP contribution in [-0.4, -0.2) is 23.4 Å². The molecule has 1 N–H and O–H groups in total. The molecule has 0 radical (unpaired) electrons. The highest BCUT2D eigenvalue weighted by molar-refractivity contribution is 6.35. The molecule has 1 aliphatic rings. The lowest BCUT2D eigenvalue weighted by Gasteiger charge is -2.42. The maximum absolute atomic E-state index is 12.6. The fourth-order valence-corrected chi connectivity index (χ4v) is 2.86. The Morgan fingerprint density at radius 1 is 1.20 bits per heavy atom. The van der Waals surface area contributed by atoms with Gasteiger partial charge in [-0.1, -0.05) is 30.1 Å². The van der Waals surface area contributed by atoms with Gasteiger partial charge in [0, 0.05) is 15.7 Å². The third kappa shape index (κ3) is 2.63. The van der Waals surface area contributed by atoms with Crippen molar-refractivity contribution in [2.75, 3.05) is 4.90 Å². The molecular formula is C14H16Cl2N2O2. The summed E-state index contributed by atoms with van der Waals surface area (Å²) in [7, 11) is 0. The lowest BCUT2D eigenvalue weighted by molar-refractivity contribution is -0.137. The van der Waals surface area contributed by atoms with Crippen molar-refractivity contribution in [3.05, 3.63) is 28.2 Å². The zero-order valence-electron chi connectivity index (χ0n) is 11.5. The van der Waals surface area contributed by atoms with Gasteiger partial charge in [-0.2, -0.15) is 0 Å². The molecule has 0 spiro atoms. The van der Waals surface area contributed by atoms with Crippen LogP contribution < -0.4 is 10.2 Å². The number of piperazine rings is 1. The monoisotopic (exact) mass is 314 g/mol. The van der Waals surface area contributed by atoms with Crippen molar-refractivity contribution in [3.63, 3.8) is 0 Å². The van der Waals surface area contributed by atoms with E-state index in [0.29, 0.717) is 22.2 Å². The number of hydrogen-bond donors (Lipinski definition) is 1. The molecule has 1 heterocycles. The molecule has 1 fully saturated rings. The molecule has 20 heavy (non-hydrogen) atoms. The van der Waals surface area contributed by atoms with Crippen LogP contribution in [0.25, 0.3) is 0 Å². The van der Waals surface area contributed by atoms with E-state index in [1.54, 1.807) is 32.0 Å². The molecule has 2 amide bonds. The Kier molecular flexibility index (Phi) is 3.98. The van der Waals surface area contributed by atoms with Gasteiger partial charge in [-0.3, -0.25) is 14.5 Å². The Balaban J connectivity index is 2.53. The number of nitrogens with one attached hydrogen (secondary N) is 1. The standard InChI is InChI=1S/C14H16Cl2N2O2/c1-4-11-12(19)17-14(2,3)13(20)18(11)10-6-8(15)5-9(16)7-10/h5-7,11H,4H2,1-3H3,(H,17,19). The molecule has 1 saturated heterocycles. The Labute approximate surface area is 128 Å². The van der Waals surface area contributed by atoms with Gasteiger partial charge in [0.1, 0.15) is 11.6 Å². The van der Waals surface area contributed by atoms with Crippen molar-refractivity contribution in [1.82, 2.24) is 5.32 Å². The summed E-state index contributed by atoms with van der Waals surface area (Å²) in [6, 6.07) is 4.32. The van der Waals surface area contributed by atoms with Gasteiger partial charge in [-0.15, -0.1) is 0 Å². The molecule has 1 aliphatic heterocycles. The van der Waals surface area contributed by atoms with Crippen molar-refractivity contribution in [2.45, 2.75) is 38.8 Å². The average Bonchev–Trinajstić information content (AvgIpc) is 2.31. The van der Waals surface area contributed by atoms with E-state index < -0.39 is 11.6 Å². The number of carbonyl (C=O) groups excluding carboxylic acids is 2. The maximum atomic E-state index is 12.6. The lowest BCUT2D eigenvalue weighted by atomic mass is 9.95. The largest absolute Gasteiger partial charge is 0.340 e. The smallest absolute Gasteiger partial charge is 0.252 e. The van der Waals surface area contributed by atoms with Crippen LogP contribution in [0, 0.1) is 0 Å². The van der Waals surface area contributed by atoms with Crippen LogP contribution in [0.4, 0.5) is 5.69 Å². The zero-order valence-corrected chi connectivity index (χ0v) is 13.0. The van der Waals surface area contributed by atoms with Crippen molar-refractivity contribution < 1.29 is 9.59 Å². The van der Waals surface area contributed by atoms with Crippen molar-refractivity contribution in [2.24, 2.45) is 0 Å². The van der Waals surface area contributed by atoms with E-state index in [-0.39, 0.29) is 11.8 Å². The Bertz CT molecular complexity index is 552. The normalized spacial score (nSPS) is 21.9. The molecule has 1 atom stereocenters. The molecule has 0 saturated carbocycles. The third-order valence-corrected chi connectivity index (χ3v) is 3.75. The first-order chi connectivity index (χ1) is 9.26. The first kappa shape index (κ1) is 15.1. The second-order valence-electron chi connectivity index (χ2n) is 5.34. The van der Waals surface area contributed by atoms with Crippen LogP contribution in [0.3, 0.4) is 0 Å². The fraction of sp³-hybridized carbons (Fsp3) is 0.429. The fourth-order valence-electron chi connectivity index (χ4n) is 2.35. The molecule has 0 aromatic heterocycles. The van der Waals surface area contributed by atoms with Gasteiger partial charge < -0.3 is 5.32 Å². The summed E-state index contributed by atoms with van der Waals surface area (Å²) in [5.74, 6) is -0.351. The minimum atomic E-state index is -0.947. The molecular weight excluding hydrogens is 299 g/mol. The molecule has 4 nitrogen and oxygen atoms in total. The highest BCUT2D eigenvalue weighted by atomic mass is 35.5. The zero-order chi connectivity index (χ0) is 15.1. The summed E-state index contributed by atoms with van der Waals surface area (Å²) in [5.41, 5.74) is -0.403. The van der Waals surface area contributed by atoms with Crippen LogP contribution in [0.5, 0.6) is 0 Å². The van der Waals surface area contributed by atoms with E-state index in [0.717, 1.165) is 0 Å². The van der Waals surface area contributed by atoms with E-state index in [2.05, 4.69) is 5.32 Å². The topological polar surface area (TPSA) is 49.4 Å². The van der Waals surface area contributed by atoms with Gasteiger partial charge in [0.2, 0.25) is 5.91 Å². The number of nitrogens with zero attached hydrogens (tertiary/aromatic N) is 1. The first-order valence-corrected chi connectivity index (χ1v) is 7.13. The van der Waals surface area contributed by atoms with E-state index >= 15 is 0 Å². The summed E-state index contributed by atoms with van der Waals surface area (Å²) in [5, 5.41) is 3.60. The first-order valence-electron chi connectivity index (χ1n) is 6.38. The predicted molar refractivity (Wildman–Crippen MR) is 80.2 cm³/mol. The van der Waals surface area contributed by atoms with Gasteiger partial charge in [0.15, 0.2) is 0 Å². The van der Waals surface area contributed by atoms with Gasteiger partial charge in [-0.25, -0.2) is 0 Å². The second kappa shape index (κ2) is 5.26. The van der Waals surface area contributed by atoms with E-state index in [4.69, 9.17) is 23.2 Å². The predicted octanol–water partition coefficient (Wildman–Crippen LogP) is 3.01. The third-order valence-electron chi connectivity index (χ3n) is 3.32. The molecule has 1 aromatic rings. The molecule has 0 aliphatic carbocycles. The number of amides is 2. The van der Waals surface area contributed by atoms with Crippen molar-refractivity contribution in [1.29, 1.82) is 0 Å². The van der Waals surface area contributed by atoms with Crippen LogP contribution in [-0.2, 0) is 9.59 Å². The molecule has 1 unspecified atom stereocenters. The van der Waals surface area contributed by atoms with Gasteiger partial charge in [0.05, 0.1) is 0 Å². The highest BCUT2D eigenvalue weighted by Crippen LogP contribution is 2.31. The van der Waals surface area contributed by atoms with Crippen LogP contribution in [0.15, 0.2) is 18.2 Å². The molecule has 108 valence electrons. The molecule has 2 rings (SSSR count). The minimum Gasteiger partial charge on any atom is -0.340 e. The SMILES string of the molecule is CCC1C(=O)NC(C)(C)C(=O)N1c1cc(Cl)cc(Cl)c1. The number of hydrogen-bond acceptors (Lipinski definition) is 2. The average molecular weight is 315 g/mol. The van der Waals surface area contributed by atoms with Gasteiger partial charge >= 0.3 is 0 Å². The highest BCUT2D eigenvalue weighted by Gasteiger charge is 2.45. The Morgan fingerprint density at radius 2 is 1.75 bits per heavy atom. The Morgan fingerprint density at radius 3 is 2.25 bits per heavy atom. The van der Waals surface area contributed by atoms with Crippen molar-refractivity contribution in [3.8, 4) is 0 Å². The summed E-state index contributed by atoms with van der Waals surface area (Å²) >= 11 is 12.0. The summed E-state index contributed by atoms with van der Waals surface area (Å²) < 4.78 is 0. The summed E-state index contributed by atoms with van der Waals surface area (Å²) in [6.45, 7) is 5.21. The molecule has 6 heteroatoms. The number of benzene rings is 1. The van der Waals surface area contributed by atoms with Gasteiger partial charge in [0.25, 0.3) is 5.91 Å². The maximum Gasteiger partial charge on any atom is 0.252 e. The van der Waals surface area contributed by atoms with E-state index in [1.165, 1.54) is 4.90 Å². The van der Waals surface area contributed by atoms with Crippen LogP contribution in [0.2, 0.25) is 10.0 Å². The van der Waals surface area contributed by atoms with E-state index in [1.807, 2.05) is 6.92 Å². The number of rotatable bonds is 2. The number of halogens is 2. The number of anilines is 1. The van der Waals surface area contributed by atoms with Gasteiger partial charge in [-0.05, 0) is 38.5 Å². The summed E-state index contributed by atoms with van der Waals surface area (Å²) in [6.07, 6.45) is 0.512. The Hall–Kier alpha value is -1.26. The minimum absolute atomic E-state index is 0.173. The summed E-state index contributed by atoms with van der Waals surface area (Å²) in [4.78, 5) is 26.3. The molecule has 1 aromatic carbocycles. The van der Waals surface area contributed by atoms with Crippen molar-refractivity contribution >= 4 is 40.7 Å². The van der Waals surface area contributed by atoms with Crippen LogP contribution in [0.1, 0.15) is 27.2 Å². The van der Waals surface area contributed by atoms with Crippen LogP contribution >= 0.6 is 23.2 Å². The second-order valence-corrected chi connectivity index (χ2v) is 6.21. The quantitative estimate of drug-likeness (QED) is 0.912. The van der Waals surface area contributed by atoms with E-state index in [9.17, 15) is 9.59 Å².